The number of ether oxygens (including phenoxy) is 1. The van der Waals surface area contributed by atoms with E-state index in [0.717, 1.165) is 24.2 Å². The van der Waals surface area contributed by atoms with Crippen LogP contribution in [0.25, 0.3) is 22.6 Å². The lowest BCUT2D eigenvalue weighted by Crippen LogP contribution is -2.34. The number of carbonyl (C=O) groups is 1. The van der Waals surface area contributed by atoms with Crippen LogP contribution in [0.5, 0.6) is 5.75 Å². The first-order valence-electron chi connectivity index (χ1n) is 13.2. The lowest BCUT2D eigenvalue weighted by Gasteiger charge is -2.20. The van der Waals surface area contributed by atoms with Crippen molar-refractivity contribution in [2.24, 2.45) is 0 Å². The van der Waals surface area contributed by atoms with E-state index in [2.05, 4.69) is 46.5 Å². The Hall–Kier alpha value is -4.69. The Labute approximate surface area is 238 Å². The molecule has 202 valence electrons. The monoisotopic (exact) mass is 550 g/mol. The highest BCUT2D eigenvalue weighted by Crippen LogP contribution is 2.28. The fourth-order valence-corrected chi connectivity index (χ4v) is 4.55. The third-order valence-electron chi connectivity index (χ3n) is 6.46. The number of amides is 1. The maximum Gasteiger partial charge on any atom is 0.257 e. The predicted molar refractivity (Wildman–Crippen MR) is 164 cm³/mol. The molecular formula is C32H30N4O3S. The summed E-state index contributed by atoms with van der Waals surface area (Å²) in [5, 5.41) is 5.96. The molecule has 8 heteroatoms. The van der Waals surface area contributed by atoms with Crippen LogP contribution in [0.2, 0.25) is 0 Å². The summed E-state index contributed by atoms with van der Waals surface area (Å²) in [7, 11) is 0. The number of hydrogen-bond donors (Lipinski definition) is 2. The Balaban J connectivity index is 1.21. The van der Waals surface area contributed by atoms with Gasteiger partial charge in [-0.1, -0.05) is 36.4 Å². The van der Waals surface area contributed by atoms with E-state index in [0.29, 0.717) is 40.6 Å². The highest BCUT2D eigenvalue weighted by Gasteiger charge is 2.12. The van der Waals surface area contributed by atoms with Crippen molar-refractivity contribution in [3.05, 3.63) is 108 Å². The van der Waals surface area contributed by atoms with Crippen molar-refractivity contribution in [3.8, 4) is 17.2 Å². The van der Waals surface area contributed by atoms with E-state index in [1.54, 1.807) is 18.2 Å². The second kappa shape index (κ2) is 12.4. The molecule has 0 aliphatic heterocycles. The predicted octanol–water partition coefficient (Wildman–Crippen LogP) is 7.05. The van der Waals surface area contributed by atoms with Gasteiger partial charge in [-0.3, -0.25) is 10.1 Å². The van der Waals surface area contributed by atoms with Crippen molar-refractivity contribution in [1.82, 2.24) is 10.3 Å². The Morgan fingerprint density at radius 1 is 0.925 bits per heavy atom. The van der Waals surface area contributed by atoms with E-state index in [4.69, 9.17) is 21.4 Å². The number of carbonyl (C=O) groups excluding carboxylic acids is 1. The summed E-state index contributed by atoms with van der Waals surface area (Å²) < 4.78 is 11.8. The molecule has 0 spiro atoms. The smallest absolute Gasteiger partial charge is 0.257 e. The van der Waals surface area contributed by atoms with E-state index in [9.17, 15) is 4.79 Å². The maximum absolute atomic E-state index is 12.8. The van der Waals surface area contributed by atoms with Crippen molar-refractivity contribution in [2.45, 2.75) is 20.5 Å². The Bertz CT molecular complexity index is 1610. The largest absolute Gasteiger partial charge is 0.489 e. The van der Waals surface area contributed by atoms with Gasteiger partial charge in [-0.2, -0.15) is 0 Å². The molecule has 0 saturated carbocycles. The molecule has 0 fully saturated rings. The van der Waals surface area contributed by atoms with E-state index in [-0.39, 0.29) is 11.0 Å². The summed E-state index contributed by atoms with van der Waals surface area (Å²) >= 11 is 5.40. The van der Waals surface area contributed by atoms with E-state index in [1.807, 2.05) is 66.7 Å². The number of nitrogens with one attached hydrogen (secondary N) is 2. The quantitative estimate of drug-likeness (QED) is 0.190. The Morgan fingerprint density at radius 3 is 2.45 bits per heavy atom. The van der Waals surface area contributed by atoms with Crippen molar-refractivity contribution < 1.29 is 13.9 Å². The van der Waals surface area contributed by atoms with E-state index < -0.39 is 0 Å². The topological polar surface area (TPSA) is 79.6 Å². The number of aromatic nitrogens is 1. The third-order valence-corrected chi connectivity index (χ3v) is 6.66. The van der Waals surface area contributed by atoms with Gasteiger partial charge in [-0.15, -0.1) is 0 Å². The zero-order chi connectivity index (χ0) is 27.9. The van der Waals surface area contributed by atoms with Gasteiger partial charge in [0.25, 0.3) is 5.91 Å². The zero-order valence-electron chi connectivity index (χ0n) is 22.4. The van der Waals surface area contributed by atoms with Gasteiger partial charge in [-0.25, -0.2) is 4.98 Å². The molecule has 5 rings (SSSR count). The highest BCUT2D eigenvalue weighted by molar-refractivity contribution is 7.80. The van der Waals surface area contributed by atoms with Gasteiger partial charge in [0.15, 0.2) is 10.7 Å². The number of thiocarbonyl (C=S) groups is 1. The molecule has 1 aromatic heterocycles. The fourth-order valence-electron chi connectivity index (χ4n) is 4.34. The van der Waals surface area contributed by atoms with Gasteiger partial charge in [0, 0.05) is 35.6 Å². The summed E-state index contributed by atoms with van der Waals surface area (Å²) in [6, 6.07) is 30.5. The second-order valence-corrected chi connectivity index (χ2v) is 9.54. The van der Waals surface area contributed by atoms with Gasteiger partial charge in [0.2, 0.25) is 5.89 Å². The van der Waals surface area contributed by atoms with Gasteiger partial charge in [0.1, 0.15) is 17.9 Å². The van der Waals surface area contributed by atoms with Crippen LogP contribution in [0.4, 0.5) is 11.4 Å². The van der Waals surface area contributed by atoms with Crippen molar-refractivity contribution in [3.63, 3.8) is 0 Å². The van der Waals surface area contributed by atoms with Crippen molar-refractivity contribution in [1.29, 1.82) is 0 Å². The second-order valence-electron chi connectivity index (χ2n) is 9.13. The number of anilines is 2. The molecule has 0 unspecified atom stereocenters. The Kier molecular flexibility index (Phi) is 8.37. The summed E-state index contributed by atoms with van der Waals surface area (Å²) in [6.07, 6.45) is 0. The minimum Gasteiger partial charge on any atom is -0.489 e. The zero-order valence-corrected chi connectivity index (χ0v) is 23.2. The normalized spacial score (nSPS) is 10.8. The van der Waals surface area contributed by atoms with Crippen molar-refractivity contribution in [2.75, 3.05) is 23.3 Å². The lowest BCUT2D eigenvalue weighted by molar-refractivity contribution is 0.0977. The lowest BCUT2D eigenvalue weighted by atomic mass is 10.2. The molecule has 40 heavy (non-hydrogen) atoms. The molecule has 2 N–H and O–H groups in total. The third kappa shape index (κ3) is 6.47. The first-order chi connectivity index (χ1) is 19.5. The minimum absolute atomic E-state index is 0.177. The molecule has 7 nitrogen and oxygen atoms in total. The van der Waals surface area contributed by atoms with Crippen LogP contribution >= 0.6 is 12.2 Å². The molecule has 5 aromatic rings. The molecule has 1 heterocycles. The molecule has 4 aromatic carbocycles. The minimum atomic E-state index is -0.333. The van der Waals surface area contributed by atoms with Gasteiger partial charge in [-0.05, 0) is 92.3 Å². The van der Waals surface area contributed by atoms with Crippen LogP contribution in [0.3, 0.4) is 0 Å². The number of rotatable bonds is 9. The molecule has 0 radical (unpaired) electrons. The Morgan fingerprint density at radius 2 is 1.70 bits per heavy atom. The van der Waals surface area contributed by atoms with Gasteiger partial charge < -0.3 is 19.4 Å². The SMILES string of the molecule is CCN(CC)c1ccc(-c2nc3cc(NC(=S)NC(=O)c4cccc(OCc5ccccc5)c4)ccc3o2)cc1. The molecule has 0 saturated heterocycles. The van der Waals surface area contributed by atoms with Gasteiger partial charge in [0.05, 0.1) is 0 Å². The van der Waals surface area contributed by atoms with Crippen molar-refractivity contribution >= 4 is 45.7 Å². The standard InChI is InChI=1S/C32H30N4O3S/c1-3-36(4-2)26-16-13-23(14-17-26)31-34-28-20-25(15-18-29(28)39-31)33-32(40)35-30(37)24-11-8-12-27(19-24)38-21-22-9-6-5-7-10-22/h5-20H,3-4,21H2,1-2H3,(H2,33,35,37,40). The summed E-state index contributed by atoms with van der Waals surface area (Å²) in [5.74, 6) is 0.814. The van der Waals surface area contributed by atoms with E-state index in [1.165, 1.54) is 5.69 Å². The number of oxazole rings is 1. The molecular weight excluding hydrogens is 520 g/mol. The van der Waals surface area contributed by atoms with Crippen LogP contribution in [0.1, 0.15) is 29.8 Å². The average Bonchev–Trinajstić information content (AvgIpc) is 3.41. The fraction of sp³-hybridized carbons (Fsp3) is 0.156. The molecule has 0 atom stereocenters. The van der Waals surface area contributed by atoms with Crippen LogP contribution in [0, 0.1) is 0 Å². The summed E-state index contributed by atoms with van der Waals surface area (Å²) in [6.45, 7) is 6.60. The first kappa shape index (κ1) is 26.9. The number of nitrogens with zero attached hydrogens (tertiary/aromatic N) is 2. The summed E-state index contributed by atoms with van der Waals surface area (Å²) in [4.78, 5) is 19.8. The van der Waals surface area contributed by atoms with E-state index >= 15 is 0 Å². The van der Waals surface area contributed by atoms with Gasteiger partial charge >= 0.3 is 0 Å². The van der Waals surface area contributed by atoms with Crippen LogP contribution < -0.4 is 20.3 Å². The summed E-state index contributed by atoms with van der Waals surface area (Å²) in [5.41, 5.74) is 5.60. The first-order valence-corrected chi connectivity index (χ1v) is 13.6. The average molecular weight is 551 g/mol. The number of hydrogen-bond acceptors (Lipinski definition) is 6. The molecule has 1 amide bonds. The number of fused-ring (bicyclic) bond motifs is 1. The highest BCUT2D eigenvalue weighted by atomic mass is 32.1. The number of benzene rings is 4. The van der Waals surface area contributed by atoms with Crippen LogP contribution in [-0.2, 0) is 6.61 Å². The van der Waals surface area contributed by atoms with Crippen LogP contribution in [-0.4, -0.2) is 29.1 Å². The molecule has 0 aliphatic carbocycles. The molecule has 0 aliphatic rings. The molecule has 0 bridgehead atoms. The maximum atomic E-state index is 12.8. The van der Waals surface area contributed by atoms with Crippen LogP contribution in [0.15, 0.2) is 101 Å².